The number of rotatable bonds is 4. The van der Waals surface area contributed by atoms with E-state index in [1.54, 1.807) is 24.4 Å². The van der Waals surface area contributed by atoms with Crippen LogP contribution in [-0.4, -0.2) is 42.8 Å². The van der Waals surface area contributed by atoms with E-state index in [0.29, 0.717) is 23.6 Å². The number of benzene rings is 2. The van der Waals surface area contributed by atoms with Crippen molar-refractivity contribution >= 4 is 32.6 Å². The third kappa shape index (κ3) is 3.55. The van der Waals surface area contributed by atoms with Gasteiger partial charge in [0.1, 0.15) is 17.9 Å². The molecule has 3 N–H and O–H groups in total. The molecule has 30 heavy (non-hydrogen) atoms. The van der Waals surface area contributed by atoms with Crippen molar-refractivity contribution in [3.05, 3.63) is 54.9 Å². The van der Waals surface area contributed by atoms with Gasteiger partial charge in [0, 0.05) is 29.6 Å². The van der Waals surface area contributed by atoms with Crippen molar-refractivity contribution in [3.8, 4) is 28.1 Å². The van der Waals surface area contributed by atoms with E-state index in [0.717, 1.165) is 46.4 Å². The molecule has 0 saturated carbocycles. The number of fused-ring (bicyclic) bond motifs is 2. The molecular weight excluding hydrogens is 402 g/mol. The number of anilines is 2. The molecule has 0 unspecified atom stereocenters. The van der Waals surface area contributed by atoms with Crippen LogP contribution >= 0.6 is 0 Å². The van der Waals surface area contributed by atoms with Crippen LogP contribution in [0.4, 0.5) is 11.4 Å². The van der Waals surface area contributed by atoms with Crippen LogP contribution in [0.25, 0.3) is 33.5 Å². The number of H-pyrrole nitrogens is 1. The molecule has 5 rings (SSSR count). The van der Waals surface area contributed by atoms with E-state index in [-0.39, 0.29) is 0 Å². The lowest BCUT2D eigenvalue weighted by molar-refractivity contribution is 0.323. The van der Waals surface area contributed by atoms with Crippen LogP contribution in [0.3, 0.4) is 0 Å². The molecule has 0 atom stereocenters. The van der Waals surface area contributed by atoms with E-state index >= 15 is 0 Å². The molecule has 0 radical (unpaired) electrons. The Labute approximate surface area is 173 Å². The molecule has 2 aromatic carbocycles. The van der Waals surface area contributed by atoms with Crippen molar-refractivity contribution in [2.75, 3.05) is 29.4 Å². The van der Waals surface area contributed by atoms with Crippen LogP contribution in [0.1, 0.15) is 0 Å². The largest absolute Gasteiger partial charge is 0.490 e. The van der Waals surface area contributed by atoms with Crippen LogP contribution < -0.4 is 14.8 Å². The van der Waals surface area contributed by atoms with Gasteiger partial charge in [-0.25, -0.2) is 18.4 Å². The highest BCUT2D eigenvalue weighted by Crippen LogP contribution is 2.35. The normalized spacial score (nSPS) is 13.4. The van der Waals surface area contributed by atoms with Crippen LogP contribution in [0.5, 0.6) is 5.75 Å². The first-order chi connectivity index (χ1) is 14.5. The Balaban J connectivity index is 1.56. The summed E-state index contributed by atoms with van der Waals surface area (Å²) >= 11 is 0. The first-order valence-corrected chi connectivity index (χ1v) is 11.3. The standard InChI is InChI=1S/C21H19N5O3S/c1-30(27,28)26-15-4-2-3-14(9-15)18-12-24-21-20(25-18)16(11-23-21)13-5-6-19-17(10-13)22-7-8-29-19/h2-6,9-12,22,26H,7-8H2,1H3,(H,23,24). The Morgan fingerprint density at radius 1 is 1.13 bits per heavy atom. The van der Waals surface area contributed by atoms with Crippen molar-refractivity contribution in [2.24, 2.45) is 0 Å². The van der Waals surface area contributed by atoms with Gasteiger partial charge in [0.15, 0.2) is 5.65 Å². The maximum absolute atomic E-state index is 11.5. The predicted octanol–water partition coefficient (Wildman–Crippen LogP) is 3.47. The van der Waals surface area contributed by atoms with Gasteiger partial charge in [0.25, 0.3) is 0 Å². The highest BCUT2D eigenvalue weighted by molar-refractivity contribution is 7.92. The zero-order valence-corrected chi connectivity index (χ0v) is 17.0. The monoisotopic (exact) mass is 421 g/mol. The number of sulfonamides is 1. The van der Waals surface area contributed by atoms with Gasteiger partial charge < -0.3 is 15.0 Å². The molecule has 2 aromatic heterocycles. The second kappa shape index (κ2) is 7.03. The lowest BCUT2D eigenvalue weighted by atomic mass is 10.1. The lowest BCUT2D eigenvalue weighted by Gasteiger charge is -2.19. The van der Waals surface area contributed by atoms with Gasteiger partial charge in [-0.3, -0.25) is 4.72 Å². The molecule has 1 aliphatic heterocycles. The molecule has 152 valence electrons. The van der Waals surface area contributed by atoms with Gasteiger partial charge in [0.05, 0.1) is 23.8 Å². The van der Waals surface area contributed by atoms with Crippen LogP contribution in [-0.2, 0) is 10.0 Å². The van der Waals surface area contributed by atoms with Crippen molar-refractivity contribution < 1.29 is 13.2 Å². The minimum Gasteiger partial charge on any atom is -0.490 e. The number of aromatic amines is 1. The summed E-state index contributed by atoms with van der Waals surface area (Å²) < 4.78 is 31.2. The molecule has 1 aliphatic rings. The number of ether oxygens (including phenoxy) is 1. The summed E-state index contributed by atoms with van der Waals surface area (Å²) in [5.41, 5.74) is 6.21. The summed E-state index contributed by atoms with van der Waals surface area (Å²) in [6.45, 7) is 1.42. The van der Waals surface area contributed by atoms with Crippen LogP contribution in [0, 0.1) is 0 Å². The summed E-state index contributed by atoms with van der Waals surface area (Å²) in [6.07, 6.45) is 4.68. The summed E-state index contributed by atoms with van der Waals surface area (Å²) in [6, 6.07) is 13.1. The minimum atomic E-state index is -3.36. The van der Waals surface area contributed by atoms with Crippen molar-refractivity contribution in [3.63, 3.8) is 0 Å². The fourth-order valence-electron chi connectivity index (χ4n) is 3.51. The Kier molecular flexibility index (Phi) is 4.32. The average Bonchev–Trinajstić information content (AvgIpc) is 3.15. The zero-order valence-electron chi connectivity index (χ0n) is 16.1. The second-order valence-electron chi connectivity index (χ2n) is 7.10. The number of hydrogen-bond donors (Lipinski definition) is 3. The Morgan fingerprint density at radius 2 is 2.03 bits per heavy atom. The SMILES string of the molecule is CS(=O)(=O)Nc1cccc(-c2cnc3[nH]cc(-c4ccc5c(c4)NCCO5)c3n2)c1. The Morgan fingerprint density at radius 3 is 2.90 bits per heavy atom. The minimum absolute atomic E-state index is 0.479. The van der Waals surface area contributed by atoms with Gasteiger partial charge in [-0.15, -0.1) is 0 Å². The highest BCUT2D eigenvalue weighted by atomic mass is 32.2. The topological polar surface area (TPSA) is 109 Å². The van der Waals surface area contributed by atoms with Crippen LogP contribution in [0.15, 0.2) is 54.9 Å². The van der Waals surface area contributed by atoms with Crippen molar-refractivity contribution in [1.82, 2.24) is 15.0 Å². The summed E-state index contributed by atoms with van der Waals surface area (Å²) in [7, 11) is -3.36. The first-order valence-electron chi connectivity index (χ1n) is 9.40. The van der Waals surface area contributed by atoms with E-state index in [9.17, 15) is 8.42 Å². The maximum Gasteiger partial charge on any atom is 0.229 e. The first kappa shape index (κ1) is 18.4. The molecule has 0 aliphatic carbocycles. The molecule has 0 amide bonds. The van der Waals surface area contributed by atoms with E-state index in [4.69, 9.17) is 9.72 Å². The Hall–Kier alpha value is -3.59. The molecule has 0 fully saturated rings. The molecule has 3 heterocycles. The third-order valence-corrected chi connectivity index (χ3v) is 5.41. The van der Waals surface area contributed by atoms with Gasteiger partial charge in [-0.2, -0.15) is 0 Å². The average molecular weight is 421 g/mol. The summed E-state index contributed by atoms with van der Waals surface area (Å²) in [5, 5.41) is 3.35. The fraction of sp³-hybridized carbons (Fsp3) is 0.143. The number of nitrogens with zero attached hydrogens (tertiary/aromatic N) is 2. The smallest absolute Gasteiger partial charge is 0.229 e. The maximum atomic E-state index is 11.5. The number of hydrogen-bond acceptors (Lipinski definition) is 6. The van der Waals surface area contributed by atoms with Gasteiger partial charge in [0.2, 0.25) is 10.0 Å². The Bertz CT molecular complexity index is 1360. The van der Waals surface area contributed by atoms with E-state index in [1.165, 1.54) is 0 Å². The molecule has 0 saturated heterocycles. The lowest BCUT2D eigenvalue weighted by Crippen LogP contribution is -2.17. The number of aromatic nitrogens is 3. The molecule has 4 aromatic rings. The molecule has 0 spiro atoms. The quantitative estimate of drug-likeness (QED) is 0.466. The predicted molar refractivity (Wildman–Crippen MR) is 117 cm³/mol. The van der Waals surface area contributed by atoms with Gasteiger partial charge >= 0.3 is 0 Å². The fourth-order valence-corrected chi connectivity index (χ4v) is 4.07. The van der Waals surface area contributed by atoms with Gasteiger partial charge in [-0.1, -0.05) is 18.2 Å². The zero-order chi connectivity index (χ0) is 20.7. The second-order valence-corrected chi connectivity index (χ2v) is 8.84. The van der Waals surface area contributed by atoms with Crippen LogP contribution in [0.2, 0.25) is 0 Å². The van der Waals surface area contributed by atoms with Gasteiger partial charge in [-0.05, 0) is 29.8 Å². The molecular formula is C21H19N5O3S. The molecule has 8 nitrogen and oxygen atoms in total. The van der Waals surface area contributed by atoms with Crippen molar-refractivity contribution in [1.29, 1.82) is 0 Å². The van der Waals surface area contributed by atoms with E-state index in [2.05, 4.69) is 20.0 Å². The van der Waals surface area contributed by atoms with E-state index in [1.807, 2.05) is 30.5 Å². The molecule has 0 bridgehead atoms. The third-order valence-electron chi connectivity index (χ3n) is 4.81. The number of nitrogens with one attached hydrogen (secondary N) is 3. The van der Waals surface area contributed by atoms with Crippen molar-refractivity contribution in [2.45, 2.75) is 0 Å². The summed E-state index contributed by atoms with van der Waals surface area (Å²) in [5.74, 6) is 0.840. The molecule has 9 heteroatoms. The highest BCUT2D eigenvalue weighted by Gasteiger charge is 2.15. The van der Waals surface area contributed by atoms with E-state index < -0.39 is 10.0 Å². The summed E-state index contributed by atoms with van der Waals surface area (Å²) in [4.78, 5) is 12.5.